The summed E-state index contributed by atoms with van der Waals surface area (Å²) in [6.07, 6.45) is 3.17. The molecular weight excluding hydrogens is 450 g/mol. The topological polar surface area (TPSA) is 79.0 Å². The van der Waals surface area contributed by atoms with Crippen molar-refractivity contribution in [3.05, 3.63) is 90.5 Å². The SMILES string of the molecule is COc1ccccc1N1CCN(S(=O)(=O)c2ccc(NC(=O)/C=C/c3ccccc3)cc2)CC1. The molecule has 1 heterocycles. The molecule has 8 heteroatoms. The first-order valence-electron chi connectivity index (χ1n) is 11.0. The Morgan fingerprint density at radius 2 is 1.53 bits per heavy atom. The van der Waals surface area contributed by atoms with Gasteiger partial charge in [0.05, 0.1) is 17.7 Å². The number of nitrogens with one attached hydrogen (secondary N) is 1. The minimum absolute atomic E-state index is 0.205. The summed E-state index contributed by atoms with van der Waals surface area (Å²) in [6, 6.07) is 23.5. The lowest BCUT2D eigenvalue weighted by Crippen LogP contribution is -2.48. The molecule has 7 nitrogen and oxygen atoms in total. The van der Waals surface area contributed by atoms with Crippen molar-refractivity contribution in [3.63, 3.8) is 0 Å². The van der Waals surface area contributed by atoms with Gasteiger partial charge in [0.1, 0.15) is 5.75 Å². The molecule has 0 atom stereocenters. The van der Waals surface area contributed by atoms with Crippen molar-refractivity contribution < 1.29 is 17.9 Å². The molecular formula is C26H27N3O4S. The van der Waals surface area contributed by atoms with E-state index < -0.39 is 10.0 Å². The van der Waals surface area contributed by atoms with Gasteiger partial charge < -0.3 is 15.0 Å². The zero-order chi connectivity index (χ0) is 24.0. The summed E-state index contributed by atoms with van der Waals surface area (Å²) in [5.41, 5.74) is 2.41. The van der Waals surface area contributed by atoms with E-state index in [0.29, 0.717) is 31.9 Å². The van der Waals surface area contributed by atoms with Gasteiger partial charge in [-0.25, -0.2) is 8.42 Å². The Bertz CT molecular complexity index is 1250. The number of nitrogens with zero attached hydrogens (tertiary/aromatic N) is 2. The Kier molecular flexibility index (Phi) is 7.30. The van der Waals surface area contributed by atoms with Crippen molar-refractivity contribution in [3.8, 4) is 5.75 Å². The number of para-hydroxylation sites is 2. The molecule has 0 saturated carbocycles. The van der Waals surface area contributed by atoms with E-state index >= 15 is 0 Å². The average molecular weight is 478 g/mol. The second-order valence-corrected chi connectivity index (χ2v) is 9.76. The number of carbonyl (C=O) groups excluding carboxylic acids is 1. The van der Waals surface area contributed by atoms with E-state index in [0.717, 1.165) is 17.0 Å². The number of sulfonamides is 1. The summed E-state index contributed by atoms with van der Waals surface area (Å²) in [6.45, 7) is 1.90. The van der Waals surface area contributed by atoms with Gasteiger partial charge in [-0.1, -0.05) is 42.5 Å². The molecule has 34 heavy (non-hydrogen) atoms. The van der Waals surface area contributed by atoms with Crippen molar-refractivity contribution in [2.24, 2.45) is 0 Å². The highest BCUT2D eigenvalue weighted by Crippen LogP contribution is 2.29. The number of methoxy groups -OCH3 is 1. The Morgan fingerprint density at radius 1 is 0.882 bits per heavy atom. The molecule has 3 aromatic rings. The highest BCUT2D eigenvalue weighted by Gasteiger charge is 2.29. The molecule has 1 aliphatic rings. The minimum atomic E-state index is -3.63. The summed E-state index contributed by atoms with van der Waals surface area (Å²) in [5.74, 6) is 0.488. The summed E-state index contributed by atoms with van der Waals surface area (Å²) in [7, 11) is -2.00. The number of amides is 1. The molecule has 1 N–H and O–H groups in total. The van der Waals surface area contributed by atoms with E-state index in [9.17, 15) is 13.2 Å². The van der Waals surface area contributed by atoms with E-state index in [1.807, 2.05) is 54.6 Å². The lowest BCUT2D eigenvalue weighted by molar-refractivity contribution is -0.111. The summed E-state index contributed by atoms with van der Waals surface area (Å²) in [4.78, 5) is 14.5. The maximum absolute atomic E-state index is 13.1. The van der Waals surface area contributed by atoms with Gasteiger partial charge in [0.25, 0.3) is 0 Å². The van der Waals surface area contributed by atoms with Gasteiger partial charge in [0.2, 0.25) is 15.9 Å². The third kappa shape index (κ3) is 5.47. The molecule has 1 aliphatic heterocycles. The van der Waals surface area contributed by atoms with Crippen molar-refractivity contribution in [1.29, 1.82) is 0 Å². The van der Waals surface area contributed by atoms with Crippen LogP contribution in [0.2, 0.25) is 0 Å². The number of anilines is 2. The number of benzene rings is 3. The predicted molar refractivity (Wildman–Crippen MR) is 135 cm³/mol. The van der Waals surface area contributed by atoms with Crippen LogP contribution in [-0.4, -0.2) is 51.9 Å². The molecule has 3 aromatic carbocycles. The summed E-state index contributed by atoms with van der Waals surface area (Å²) < 4.78 is 33.2. The first-order valence-corrected chi connectivity index (χ1v) is 12.4. The molecule has 1 saturated heterocycles. The molecule has 1 amide bonds. The third-order valence-corrected chi connectivity index (χ3v) is 7.56. The van der Waals surface area contributed by atoms with Crippen molar-refractivity contribution in [1.82, 2.24) is 4.31 Å². The second kappa shape index (κ2) is 10.5. The largest absolute Gasteiger partial charge is 0.495 e. The van der Waals surface area contributed by atoms with E-state index in [-0.39, 0.29) is 10.8 Å². The Morgan fingerprint density at radius 3 is 2.21 bits per heavy atom. The first kappa shape index (κ1) is 23.5. The van der Waals surface area contributed by atoms with Crippen LogP contribution in [0, 0.1) is 0 Å². The monoisotopic (exact) mass is 477 g/mol. The van der Waals surface area contributed by atoms with Crippen LogP contribution in [-0.2, 0) is 14.8 Å². The molecule has 1 fully saturated rings. The molecule has 0 aliphatic carbocycles. The summed E-state index contributed by atoms with van der Waals surface area (Å²) in [5, 5.41) is 2.75. The zero-order valence-corrected chi connectivity index (χ0v) is 19.7. The Hall–Kier alpha value is -3.62. The van der Waals surface area contributed by atoms with E-state index in [1.54, 1.807) is 25.3 Å². The molecule has 0 radical (unpaired) electrons. The van der Waals surface area contributed by atoms with Gasteiger partial charge >= 0.3 is 0 Å². The first-order chi connectivity index (χ1) is 16.5. The standard InChI is InChI=1S/C26H27N3O4S/c1-33-25-10-6-5-9-24(25)28-17-19-29(20-18-28)34(31,32)23-14-12-22(13-15-23)27-26(30)16-11-21-7-3-2-4-8-21/h2-16H,17-20H2,1H3,(H,27,30)/b16-11+. The van der Waals surface area contributed by atoms with Crippen LogP contribution < -0.4 is 15.0 Å². The van der Waals surface area contributed by atoms with Crippen LogP contribution in [0.15, 0.2) is 89.8 Å². The van der Waals surface area contributed by atoms with Crippen LogP contribution in [0.4, 0.5) is 11.4 Å². The van der Waals surface area contributed by atoms with Gasteiger partial charge in [-0.05, 0) is 48.0 Å². The van der Waals surface area contributed by atoms with Crippen molar-refractivity contribution in [2.45, 2.75) is 4.90 Å². The van der Waals surface area contributed by atoms with Crippen LogP contribution in [0.1, 0.15) is 5.56 Å². The lowest BCUT2D eigenvalue weighted by atomic mass is 10.2. The maximum atomic E-state index is 13.1. The highest BCUT2D eigenvalue weighted by atomic mass is 32.2. The van der Waals surface area contributed by atoms with Crippen LogP contribution >= 0.6 is 0 Å². The number of piperazine rings is 1. The smallest absolute Gasteiger partial charge is 0.248 e. The zero-order valence-electron chi connectivity index (χ0n) is 18.9. The predicted octanol–water partition coefficient (Wildman–Crippen LogP) is 3.86. The van der Waals surface area contributed by atoms with Gasteiger partial charge in [-0.2, -0.15) is 4.31 Å². The van der Waals surface area contributed by atoms with E-state index in [4.69, 9.17) is 4.74 Å². The van der Waals surface area contributed by atoms with Crippen LogP contribution in [0.3, 0.4) is 0 Å². The van der Waals surface area contributed by atoms with Gasteiger partial charge in [-0.15, -0.1) is 0 Å². The molecule has 0 aromatic heterocycles. The third-order valence-electron chi connectivity index (χ3n) is 5.65. The average Bonchev–Trinajstić information content (AvgIpc) is 2.88. The molecule has 0 bridgehead atoms. The van der Waals surface area contributed by atoms with Crippen LogP contribution in [0.5, 0.6) is 5.75 Å². The quantitative estimate of drug-likeness (QED) is 0.523. The fourth-order valence-corrected chi connectivity index (χ4v) is 5.26. The molecule has 0 unspecified atom stereocenters. The molecule has 0 spiro atoms. The number of carbonyl (C=O) groups is 1. The number of hydrogen-bond acceptors (Lipinski definition) is 5. The normalized spacial score (nSPS) is 14.8. The van der Waals surface area contributed by atoms with E-state index in [1.165, 1.54) is 22.5 Å². The second-order valence-electron chi connectivity index (χ2n) is 7.82. The van der Waals surface area contributed by atoms with Crippen molar-refractivity contribution in [2.75, 3.05) is 43.5 Å². The highest BCUT2D eigenvalue weighted by molar-refractivity contribution is 7.89. The Balaban J connectivity index is 1.37. The fraction of sp³-hybridized carbons (Fsp3) is 0.192. The minimum Gasteiger partial charge on any atom is -0.495 e. The van der Waals surface area contributed by atoms with Crippen molar-refractivity contribution >= 4 is 33.4 Å². The molecule has 4 rings (SSSR count). The number of hydrogen-bond donors (Lipinski definition) is 1. The van der Waals surface area contributed by atoms with Gasteiger partial charge in [0.15, 0.2) is 0 Å². The number of rotatable bonds is 7. The van der Waals surface area contributed by atoms with Crippen LogP contribution in [0.25, 0.3) is 6.08 Å². The summed E-state index contributed by atoms with van der Waals surface area (Å²) >= 11 is 0. The number of ether oxygens (including phenoxy) is 1. The maximum Gasteiger partial charge on any atom is 0.248 e. The Labute approximate surface area is 200 Å². The molecule has 176 valence electrons. The van der Waals surface area contributed by atoms with Gasteiger partial charge in [-0.3, -0.25) is 4.79 Å². The lowest BCUT2D eigenvalue weighted by Gasteiger charge is -2.35. The van der Waals surface area contributed by atoms with Gasteiger partial charge in [0, 0.05) is 37.9 Å². The fourth-order valence-electron chi connectivity index (χ4n) is 3.84. The van der Waals surface area contributed by atoms with E-state index in [2.05, 4.69) is 10.2 Å².